The van der Waals surface area contributed by atoms with Crippen LogP contribution in [0.5, 0.6) is 0 Å². The number of hydrogen-bond donors (Lipinski definition) is 0. The first-order chi connectivity index (χ1) is 10.8. The van der Waals surface area contributed by atoms with Crippen molar-refractivity contribution >= 4 is 5.65 Å². The van der Waals surface area contributed by atoms with Gasteiger partial charge in [-0.15, -0.1) is 0 Å². The molecular formula is C20H16N2. The second-order valence-corrected chi connectivity index (χ2v) is 5.52. The molecule has 0 saturated carbocycles. The molecule has 0 unspecified atom stereocenters. The quantitative estimate of drug-likeness (QED) is 0.507. The molecular weight excluding hydrogens is 268 g/mol. The summed E-state index contributed by atoms with van der Waals surface area (Å²) in [5, 5.41) is 0. The van der Waals surface area contributed by atoms with Gasteiger partial charge in [-0.05, 0) is 30.2 Å². The van der Waals surface area contributed by atoms with E-state index in [1.54, 1.807) is 0 Å². The van der Waals surface area contributed by atoms with Crippen molar-refractivity contribution in [3.05, 3.63) is 84.7 Å². The fourth-order valence-electron chi connectivity index (χ4n) is 2.73. The Hall–Kier alpha value is -2.87. The maximum Gasteiger partial charge on any atom is 0.137 e. The normalized spacial score (nSPS) is 11.0. The highest BCUT2D eigenvalue weighted by atomic mass is 15.0. The van der Waals surface area contributed by atoms with Crippen LogP contribution in [0.25, 0.3) is 28.0 Å². The summed E-state index contributed by atoms with van der Waals surface area (Å²) in [7, 11) is 0. The first-order valence-corrected chi connectivity index (χ1v) is 7.41. The van der Waals surface area contributed by atoms with Crippen molar-refractivity contribution in [3.63, 3.8) is 0 Å². The number of nitrogens with zero attached hydrogens (tertiary/aromatic N) is 2. The number of rotatable bonds is 2. The van der Waals surface area contributed by atoms with Crippen LogP contribution in [0.2, 0.25) is 0 Å². The van der Waals surface area contributed by atoms with Crippen LogP contribution in [0.4, 0.5) is 0 Å². The van der Waals surface area contributed by atoms with Gasteiger partial charge in [-0.25, -0.2) is 4.98 Å². The molecule has 0 spiro atoms. The highest BCUT2D eigenvalue weighted by Crippen LogP contribution is 2.25. The number of pyridine rings is 1. The van der Waals surface area contributed by atoms with Crippen LogP contribution >= 0.6 is 0 Å². The van der Waals surface area contributed by atoms with Crippen LogP contribution in [-0.4, -0.2) is 9.38 Å². The highest BCUT2D eigenvalue weighted by molar-refractivity contribution is 5.70. The van der Waals surface area contributed by atoms with Gasteiger partial charge in [-0.3, -0.25) is 4.40 Å². The average molecular weight is 284 g/mol. The summed E-state index contributed by atoms with van der Waals surface area (Å²) in [6, 6.07) is 23.2. The Morgan fingerprint density at radius 3 is 2.32 bits per heavy atom. The van der Waals surface area contributed by atoms with E-state index in [0.29, 0.717) is 0 Å². The van der Waals surface area contributed by atoms with Crippen molar-refractivity contribution < 1.29 is 0 Å². The summed E-state index contributed by atoms with van der Waals surface area (Å²) >= 11 is 0. The molecule has 0 aliphatic heterocycles. The molecule has 0 amide bonds. The van der Waals surface area contributed by atoms with Crippen LogP contribution in [0.15, 0.2) is 79.1 Å². The van der Waals surface area contributed by atoms with Crippen molar-refractivity contribution in [2.45, 2.75) is 6.92 Å². The smallest absolute Gasteiger partial charge is 0.137 e. The summed E-state index contributed by atoms with van der Waals surface area (Å²) in [6.45, 7) is 2.10. The largest absolute Gasteiger partial charge is 0.300 e. The van der Waals surface area contributed by atoms with Gasteiger partial charge in [0.05, 0.1) is 11.9 Å². The summed E-state index contributed by atoms with van der Waals surface area (Å²) in [6.07, 6.45) is 4.04. The zero-order valence-corrected chi connectivity index (χ0v) is 12.4. The SMILES string of the molecule is Cc1ccc(-c2cnc3cc(-c4ccccc4)ccn23)cc1. The molecule has 2 heteroatoms. The van der Waals surface area contributed by atoms with Crippen LogP contribution < -0.4 is 0 Å². The zero-order valence-electron chi connectivity index (χ0n) is 12.4. The predicted octanol–water partition coefficient (Wildman–Crippen LogP) is 4.98. The Morgan fingerprint density at radius 1 is 0.773 bits per heavy atom. The number of fused-ring (bicyclic) bond motifs is 1. The van der Waals surface area contributed by atoms with E-state index in [2.05, 4.69) is 83.2 Å². The fourth-order valence-corrected chi connectivity index (χ4v) is 2.73. The minimum absolute atomic E-state index is 0.969. The van der Waals surface area contributed by atoms with Gasteiger partial charge >= 0.3 is 0 Å². The predicted molar refractivity (Wildman–Crippen MR) is 90.8 cm³/mol. The van der Waals surface area contributed by atoms with Gasteiger partial charge < -0.3 is 0 Å². The van der Waals surface area contributed by atoms with Gasteiger partial charge in [0.2, 0.25) is 0 Å². The minimum atomic E-state index is 0.969. The Bertz CT molecular complexity index is 919. The standard InChI is InChI=1S/C20H16N2/c1-15-7-9-17(10-8-15)19-14-21-20-13-18(11-12-22(19)20)16-5-3-2-4-6-16/h2-14H,1H3. The summed E-state index contributed by atoms with van der Waals surface area (Å²) in [5.74, 6) is 0. The summed E-state index contributed by atoms with van der Waals surface area (Å²) < 4.78 is 2.14. The topological polar surface area (TPSA) is 17.3 Å². The first kappa shape index (κ1) is 12.8. The zero-order chi connectivity index (χ0) is 14.9. The Labute approximate surface area is 129 Å². The molecule has 0 aliphatic carbocycles. The summed E-state index contributed by atoms with van der Waals surface area (Å²) in [4.78, 5) is 4.57. The van der Waals surface area contributed by atoms with E-state index in [1.165, 1.54) is 22.3 Å². The van der Waals surface area contributed by atoms with E-state index in [4.69, 9.17) is 0 Å². The van der Waals surface area contributed by atoms with Gasteiger partial charge in [-0.2, -0.15) is 0 Å². The molecule has 2 nitrogen and oxygen atoms in total. The number of imidazole rings is 1. The Balaban J connectivity index is 1.82. The molecule has 2 aromatic carbocycles. The van der Waals surface area contributed by atoms with E-state index in [0.717, 1.165) is 11.3 Å². The van der Waals surface area contributed by atoms with Crippen molar-refractivity contribution in [2.24, 2.45) is 0 Å². The van der Waals surface area contributed by atoms with Crippen molar-refractivity contribution in [2.75, 3.05) is 0 Å². The third-order valence-electron chi connectivity index (χ3n) is 3.97. The van der Waals surface area contributed by atoms with Gasteiger partial charge in [0.1, 0.15) is 5.65 Å². The van der Waals surface area contributed by atoms with Gasteiger partial charge in [0, 0.05) is 11.8 Å². The number of hydrogen-bond acceptors (Lipinski definition) is 1. The van der Waals surface area contributed by atoms with Crippen molar-refractivity contribution in [1.29, 1.82) is 0 Å². The first-order valence-electron chi connectivity index (χ1n) is 7.41. The van der Waals surface area contributed by atoms with Crippen LogP contribution in [0.3, 0.4) is 0 Å². The maximum absolute atomic E-state index is 4.57. The van der Waals surface area contributed by atoms with Crippen LogP contribution in [-0.2, 0) is 0 Å². The van der Waals surface area contributed by atoms with E-state index >= 15 is 0 Å². The molecule has 2 heterocycles. The molecule has 0 N–H and O–H groups in total. The van der Waals surface area contributed by atoms with E-state index < -0.39 is 0 Å². The lowest BCUT2D eigenvalue weighted by Gasteiger charge is -2.05. The molecule has 0 fully saturated rings. The lowest BCUT2D eigenvalue weighted by molar-refractivity contribution is 1.19. The lowest BCUT2D eigenvalue weighted by Crippen LogP contribution is -1.89. The molecule has 0 aliphatic rings. The second kappa shape index (κ2) is 5.15. The Kier molecular flexibility index (Phi) is 3.01. The lowest BCUT2D eigenvalue weighted by atomic mass is 10.1. The average Bonchev–Trinajstić information content (AvgIpc) is 2.99. The third-order valence-corrected chi connectivity index (χ3v) is 3.97. The molecule has 0 bridgehead atoms. The summed E-state index contributed by atoms with van der Waals surface area (Å²) in [5.41, 5.74) is 6.94. The molecule has 0 atom stereocenters. The van der Waals surface area contributed by atoms with Crippen LogP contribution in [0, 0.1) is 6.92 Å². The minimum Gasteiger partial charge on any atom is -0.300 e. The highest BCUT2D eigenvalue weighted by Gasteiger charge is 2.07. The Morgan fingerprint density at radius 2 is 1.55 bits per heavy atom. The number of aromatic nitrogens is 2. The number of aryl methyl sites for hydroxylation is 1. The molecule has 0 saturated heterocycles. The third kappa shape index (κ3) is 2.19. The van der Waals surface area contributed by atoms with E-state index in [9.17, 15) is 0 Å². The fraction of sp³-hybridized carbons (Fsp3) is 0.0500. The second-order valence-electron chi connectivity index (χ2n) is 5.52. The molecule has 0 radical (unpaired) electrons. The molecule has 4 rings (SSSR count). The van der Waals surface area contributed by atoms with Crippen LogP contribution in [0.1, 0.15) is 5.56 Å². The molecule has 22 heavy (non-hydrogen) atoms. The monoisotopic (exact) mass is 284 g/mol. The van der Waals surface area contributed by atoms with Crippen molar-refractivity contribution in [1.82, 2.24) is 9.38 Å². The van der Waals surface area contributed by atoms with Gasteiger partial charge in [0.15, 0.2) is 0 Å². The number of benzene rings is 2. The van der Waals surface area contributed by atoms with Gasteiger partial charge in [0.25, 0.3) is 0 Å². The molecule has 4 aromatic rings. The van der Waals surface area contributed by atoms with E-state index in [-0.39, 0.29) is 0 Å². The molecule has 2 aromatic heterocycles. The van der Waals surface area contributed by atoms with Gasteiger partial charge in [-0.1, -0.05) is 60.2 Å². The molecule has 106 valence electrons. The van der Waals surface area contributed by atoms with E-state index in [1.807, 2.05) is 12.3 Å². The maximum atomic E-state index is 4.57. The van der Waals surface area contributed by atoms with Crippen molar-refractivity contribution in [3.8, 4) is 22.4 Å².